The van der Waals surface area contributed by atoms with Gasteiger partial charge in [-0.25, -0.2) is 4.79 Å². The molecule has 1 heterocycles. The first kappa shape index (κ1) is 29.8. The maximum atomic E-state index is 13.3. The Balaban J connectivity index is 1.16. The number of carbonyl (C=O) groups is 2. The molecule has 1 aromatic carbocycles. The quantitative estimate of drug-likeness (QED) is 0.342. The standard InChI is InChI=1S/C38H54O5/c1-33(2)18-20-38-21-19-36(6)25(29(38)30(33)42-22-38)12-13-27-35(5)16-15-28(34(3,4)26(35)14-17-37(27,36)7)43-32(41)24-11-9-8-10-23(24)31(39)40/h8-11,25-30H,12-22H2,1-7H3,(H,39,40)/p-1/t25-,26-,27-,28+,29+,30+,35-,36+,37+,38-/m0/s1. The Morgan fingerprint density at radius 2 is 1.49 bits per heavy atom. The molecule has 0 spiro atoms. The molecule has 0 radical (unpaired) electrons. The van der Waals surface area contributed by atoms with Gasteiger partial charge in [0.1, 0.15) is 6.10 Å². The number of carboxylic acid groups (broad SMARTS) is 1. The number of hydrogen-bond acceptors (Lipinski definition) is 5. The normalized spacial score (nSPS) is 47.3. The molecular formula is C38H53O5-. The first-order valence-electron chi connectivity index (χ1n) is 17.2. The number of ether oxygens (including phenoxy) is 2. The second-order valence-corrected chi connectivity index (χ2v) is 17.9. The maximum absolute atomic E-state index is 13.3. The molecule has 0 N–H and O–H groups in total. The zero-order chi connectivity index (χ0) is 30.8. The summed E-state index contributed by atoms with van der Waals surface area (Å²) >= 11 is 0. The molecule has 5 saturated carbocycles. The van der Waals surface area contributed by atoms with Gasteiger partial charge in [0, 0.05) is 11.0 Å². The Bertz CT molecular complexity index is 1330. The topological polar surface area (TPSA) is 75.7 Å². The van der Waals surface area contributed by atoms with Crippen LogP contribution in [0.15, 0.2) is 24.3 Å². The van der Waals surface area contributed by atoms with Crippen molar-refractivity contribution in [3.8, 4) is 0 Å². The van der Waals surface area contributed by atoms with Gasteiger partial charge in [0.15, 0.2) is 0 Å². The third kappa shape index (κ3) is 3.85. The van der Waals surface area contributed by atoms with E-state index in [-0.39, 0.29) is 38.9 Å². The largest absolute Gasteiger partial charge is 0.545 e. The van der Waals surface area contributed by atoms with Crippen LogP contribution in [0.5, 0.6) is 0 Å². The molecule has 0 unspecified atom stereocenters. The predicted octanol–water partition coefficient (Wildman–Crippen LogP) is 7.47. The van der Waals surface area contributed by atoms with E-state index < -0.39 is 11.9 Å². The average Bonchev–Trinajstić information content (AvgIpc) is 3.29. The number of fused-ring (bicyclic) bond motifs is 5. The molecule has 0 amide bonds. The van der Waals surface area contributed by atoms with Crippen molar-refractivity contribution in [2.75, 3.05) is 6.61 Å². The van der Waals surface area contributed by atoms with E-state index in [0.29, 0.717) is 34.7 Å². The molecule has 6 aliphatic rings. The van der Waals surface area contributed by atoms with E-state index in [4.69, 9.17) is 9.47 Å². The zero-order valence-corrected chi connectivity index (χ0v) is 27.6. The van der Waals surface area contributed by atoms with Gasteiger partial charge in [-0.2, -0.15) is 0 Å². The van der Waals surface area contributed by atoms with Crippen molar-refractivity contribution in [2.24, 2.45) is 56.2 Å². The molecule has 7 rings (SSSR count). The van der Waals surface area contributed by atoms with Crippen LogP contribution in [0.2, 0.25) is 0 Å². The van der Waals surface area contributed by atoms with Crippen LogP contribution in [-0.2, 0) is 9.47 Å². The van der Waals surface area contributed by atoms with Crippen LogP contribution in [0.3, 0.4) is 0 Å². The van der Waals surface area contributed by atoms with Crippen LogP contribution in [0, 0.1) is 56.2 Å². The Morgan fingerprint density at radius 1 is 0.791 bits per heavy atom. The third-order valence-electron chi connectivity index (χ3n) is 15.7. The van der Waals surface area contributed by atoms with Gasteiger partial charge in [-0.05, 0) is 121 Å². The Hall–Kier alpha value is -1.88. The molecule has 1 aliphatic heterocycles. The minimum atomic E-state index is -1.34. The van der Waals surface area contributed by atoms with Crippen molar-refractivity contribution in [2.45, 2.75) is 125 Å². The van der Waals surface area contributed by atoms with Gasteiger partial charge >= 0.3 is 5.97 Å². The van der Waals surface area contributed by atoms with Gasteiger partial charge in [0.05, 0.1) is 24.2 Å². The molecule has 5 aliphatic carbocycles. The van der Waals surface area contributed by atoms with E-state index >= 15 is 0 Å². The molecule has 10 atom stereocenters. The summed E-state index contributed by atoms with van der Waals surface area (Å²) in [7, 11) is 0. The summed E-state index contributed by atoms with van der Waals surface area (Å²) in [5.41, 5.74) is 1.27. The summed E-state index contributed by atoms with van der Waals surface area (Å²) < 4.78 is 13.0. The van der Waals surface area contributed by atoms with Crippen LogP contribution in [-0.4, -0.2) is 30.8 Å². The van der Waals surface area contributed by atoms with Gasteiger partial charge in [0.2, 0.25) is 0 Å². The van der Waals surface area contributed by atoms with Gasteiger partial charge in [-0.15, -0.1) is 0 Å². The molecule has 6 fully saturated rings. The van der Waals surface area contributed by atoms with Gasteiger partial charge in [-0.3, -0.25) is 0 Å². The van der Waals surface area contributed by atoms with Crippen molar-refractivity contribution in [3.05, 3.63) is 35.4 Å². The minimum absolute atomic E-state index is 0.0907. The summed E-state index contributed by atoms with van der Waals surface area (Å²) in [5.74, 6) is 0.656. The van der Waals surface area contributed by atoms with Crippen molar-refractivity contribution < 1.29 is 24.2 Å². The van der Waals surface area contributed by atoms with Crippen LogP contribution >= 0.6 is 0 Å². The lowest BCUT2D eigenvalue weighted by atomic mass is 9.31. The molecule has 1 aromatic rings. The van der Waals surface area contributed by atoms with Gasteiger partial charge in [0.25, 0.3) is 0 Å². The highest BCUT2D eigenvalue weighted by Gasteiger charge is 2.73. The minimum Gasteiger partial charge on any atom is -0.545 e. The fraction of sp³-hybridized carbons (Fsp3) is 0.789. The summed E-state index contributed by atoms with van der Waals surface area (Å²) in [4.78, 5) is 25.0. The van der Waals surface area contributed by atoms with E-state index in [1.165, 1.54) is 57.1 Å². The third-order valence-corrected chi connectivity index (χ3v) is 15.7. The van der Waals surface area contributed by atoms with Crippen LogP contribution in [0.1, 0.15) is 133 Å². The summed E-state index contributed by atoms with van der Waals surface area (Å²) in [5, 5.41) is 11.7. The molecule has 236 valence electrons. The average molecular weight is 590 g/mol. The number of hydrogen-bond donors (Lipinski definition) is 0. The monoisotopic (exact) mass is 589 g/mol. The summed E-state index contributed by atoms with van der Waals surface area (Å²) in [6.45, 7) is 18.5. The SMILES string of the molecule is CC1(C)CC[C@@]23CC[C@]4(C)[C@@H](CC[C@H]5[C@@]6(C)CC[C@@H](OC(=O)c7ccccc7C(=O)[O-])C(C)(C)[C@@H]6CC[C@]54C)[C@@H]2[C@H]1OC3. The van der Waals surface area contributed by atoms with Crippen LogP contribution < -0.4 is 5.11 Å². The van der Waals surface area contributed by atoms with Crippen molar-refractivity contribution in [3.63, 3.8) is 0 Å². The van der Waals surface area contributed by atoms with Crippen molar-refractivity contribution in [1.82, 2.24) is 0 Å². The first-order chi connectivity index (χ1) is 20.1. The molecule has 5 heteroatoms. The second-order valence-electron chi connectivity index (χ2n) is 17.9. The summed E-state index contributed by atoms with van der Waals surface area (Å²) in [6, 6.07) is 6.26. The lowest BCUT2D eigenvalue weighted by molar-refractivity contribution is -0.255. The lowest BCUT2D eigenvalue weighted by Gasteiger charge is -2.73. The first-order valence-corrected chi connectivity index (χ1v) is 17.2. The summed E-state index contributed by atoms with van der Waals surface area (Å²) in [6.07, 6.45) is 12.4. The predicted molar refractivity (Wildman–Crippen MR) is 164 cm³/mol. The van der Waals surface area contributed by atoms with E-state index in [1.54, 1.807) is 12.1 Å². The van der Waals surface area contributed by atoms with E-state index in [9.17, 15) is 14.7 Å². The fourth-order valence-corrected chi connectivity index (χ4v) is 13.2. The zero-order valence-electron chi connectivity index (χ0n) is 27.6. The van der Waals surface area contributed by atoms with Crippen molar-refractivity contribution in [1.29, 1.82) is 0 Å². The molecular weight excluding hydrogens is 536 g/mol. The van der Waals surface area contributed by atoms with Gasteiger partial charge < -0.3 is 19.4 Å². The molecule has 5 nitrogen and oxygen atoms in total. The highest BCUT2D eigenvalue weighted by molar-refractivity contribution is 6.01. The Morgan fingerprint density at radius 3 is 2.21 bits per heavy atom. The number of esters is 1. The fourth-order valence-electron chi connectivity index (χ4n) is 13.2. The lowest BCUT2D eigenvalue weighted by Crippen LogP contribution is -2.68. The van der Waals surface area contributed by atoms with E-state index in [0.717, 1.165) is 31.8 Å². The maximum Gasteiger partial charge on any atom is 0.339 e. The number of rotatable bonds is 3. The molecule has 1 saturated heterocycles. The highest BCUT2D eigenvalue weighted by atomic mass is 16.5. The number of benzene rings is 1. The second kappa shape index (κ2) is 9.33. The molecule has 43 heavy (non-hydrogen) atoms. The van der Waals surface area contributed by atoms with Gasteiger partial charge in [-0.1, -0.05) is 66.7 Å². The molecule has 0 aromatic heterocycles. The van der Waals surface area contributed by atoms with E-state index in [2.05, 4.69) is 48.5 Å². The highest BCUT2D eigenvalue weighted by Crippen LogP contribution is 2.78. The number of aromatic carboxylic acids is 1. The molecule has 2 bridgehead atoms. The Kier molecular flexibility index (Phi) is 6.47. The van der Waals surface area contributed by atoms with Crippen LogP contribution in [0.4, 0.5) is 0 Å². The van der Waals surface area contributed by atoms with Crippen LogP contribution in [0.25, 0.3) is 0 Å². The number of carboxylic acids is 1. The van der Waals surface area contributed by atoms with Crippen molar-refractivity contribution >= 4 is 11.9 Å². The number of carbonyl (C=O) groups excluding carboxylic acids is 2. The Labute approximate surface area is 258 Å². The smallest absolute Gasteiger partial charge is 0.339 e. The van der Waals surface area contributed by atoms with E-state index in [1.807, 2.05) is 0 Å².